The number of nitrogens with one attached hydrogen (secondary N) is 1. The summed E-state index contributed by atoms with van der Waals surface area (Å²) in [5.74, 6) is 2.97. The van der Waals surface area contributed by atoms with Crippen molar-refractivity contribution in [1.82, 2.24) is 25.0 Å². The lowest BCUT2D eigenvalue weighted by Crippen LogP contribution is -2.43. The summed E-state index contributed by atoms with van der Waals surface area (Å²) in [4.78, 5) is 15.7. The highest BCUT2D eigenvalue weighted by Gasteiger charge is 2.30. The van der Waals surface area contributed by atoms with Crippen molar-refractivity contribution < 1.29 is 4.79 Å². The maximum atomic E-state index is 13.1. The number of aryl methyl sites for hydroxylation is 1. The Kier molecular flexibility index (Phi) is 8.41. The molecular weight excluding hydrogens is 422 g/mol. The van der Waals surface area contributed by atoms with Gasteiger partial charge in [-0.3, -0.25) is 4.79 Å². The van der Waals surface area contributed by atoms with Crippen molar-refractivity contribution in [3.05, 3.63) is 47.5 Å². The van der Waals surface area contributed by atoms with Crippen LogP contribution >= 0.6 is 0 Å². The van der Waals surface area contributed by atoms with Crippen LogP contribution in [0.2, 0.25) is 0 Å². The Morgan fingerprint density at radius 3 is 2.32 bits per heavy atom. The van der Waals surface area contributed by atoms with Crippen molar-refractivity contribution in [1.29, 1.82) is 0 Å². The number of nitrogens with zero attached hydrogens (tertiary/aromatic N) is 4. The summed E-state index contributed by atoms with van der Waals surface area (Å²) < 4.78 is 2.38. The van der Waals surface area contributed by atoms with Gasteiger partial charge in [0.1, 0.15) is 11.6 Å². The third-order valence-electron chi connectivity index (χ3n) is 7.97. The molecule has 0 bridgehead atoms. The summed E-state index contributed by atoms with van der Waals surface area (Å²) in [7, 11) is 0. The molecule has 2 heterocycles. The molecule has 1 aromatic carbocycles. The van der Waals surface area contributed by atoms with E-state index >= 15 is 0 Å². The molecule has 1 saturated heterocycles. The summed E-state index contributed by atoms with van der Waals surface area (Å²) >= 11 is 0. The summed E-state index contributed by atoms with van der Waals surface area (Å²) in [5.41, 5.74) is 1.22. The lowest BCUT2D eigenvalue weighted by Gasteiger charge is -2.38. The van der Waals surface area contributed by atoms with E-state index in [2.05, 4.69) is 83.0 Å². The topological polar surface area (TPSA) is 63.1 Å². The zero-order valence-corrected chi connectivity index (χ0v) is 21.5. The Bertz CT molecular complexity index is 910. The van der Waals surface area contributed by atoms with E-state index in [1.54, 1.807) is 0 Å². The first-order valence-electron chi connectivity index (χ1n) is 13.4. The molecular formula is C28H43N5O. The van der Waals surface area contributed by atoms with E-state index < -0.39 is 0 Å². The molecule has 0 spiro atoms. The largest absolute Gasteiger partial charge is 0.349 e. The summed E-state index contributed by atoms with van der Waals surface area (Å²) in [6.45, 7) is 10.9. The molecule has 2 aromatic rings. The molecule has 186 valence electrons. The van der Waals surface area contributed by atoms with Gasteiger partial charge in [-0.25, -0.2) is 0 Å². The maximum absolute atomic E-state index is 13.1. The van der Waals surface area contributed by atoms with E-state index in [1.165, 1.54) is 24.8 Å². The van der Waals surface area contributed by atoms with Crippen LogP contribution in [0.1, 0.15) is 107 Å². The number of rotatable bonds is 8. The Hall–Kier alpha value is -2.21. The van der Waals surface area contributed by atoms with Crippen molar-refractivity contribution in [2.75, 3.05) is 13.1 Å². The van der Waals surface area contributed by atoms with E-state index in [0.717, 1.165) is 56.8 Å². The minimum absolute atomic E-state index is 0.0657. The van der Waals surface area contributed by atoms with Crippen LogP contribution in [0.3, 0.4) is 0 Å². The number of benzene rings is 1. The molecule has 34 heavy (non-hydrogen) atoms. The lowest BCUT2D eigenvalue weighted by atomic mass is 9.88. The summed E-state index contributed by atoms with van der Waals surface area (Å²) in [5, 5.41) is 12.3. The molecule has 1 aliphatic carbocycles. The fourth-order valence-electron chi connectivity index (χ4n) is 5.92. The molecule has 2 aliphatic rings. The van der Waals surface area contributed by atoms with E-state index in [1.807, 2.05) is 0 Å². The van der Waals surface area contributed by atoms with Crippen molar-refractivity contribution >= 4 is 5.91 Å². The second-order valence-corrected chi connectivity index (χ2v) is 10.8. The van der Waals surface area contributed by atoms with Gasteiger partial charge >= 0.3 is 0 Å². The zero-order chi connectivity index (χ0) is 24.1. The first-order valence-corrected chi connectivity index (χ1v) is 13.4. The van der Waals surface area contributed by atoms with Gasteiger partial charge in [0.25, 0.3) is 0 Å². The standard InChI is InChI=1S/C28H43N5O/c1-20(2)27-31-30-22(4)33(27)25-15-17-32(18-16-25)21(3)19-26(23-11-7-5-8-12-23)29-28(34)24-13-9-6-10-14-24/h5,7-8,11-12,20-21,24-26H,6,9-10,13-19H2,1-4H3,(H,29,34)/t21?,26-/m0/s1. The summed E-state index contributed by atoms with van der Waals surface area (Å²) in [6, 6.07) is 11.5. The van der Waals surface area contributed by atoms with Crippen LogP contribution in [-0.2, 0) is 4.79 Å². The van der Waals surface area contributed by atoms with Crippen LogP contribution in [0, 0.1) is 12.8 Å². The SMILES string of the molecule is Cc1nnc(C(C)C)n1C1CCN(C(C)C[C@H](NC(=O)C2CCCCC2)c2ccccc2)CC1. The monoisotopic (exact) mass is 465 g/mol. The Balaban J connectivity index is 1.39. The molecule has 2 fully saturated rings. The molecule has 1 unspecified atom stereocenters. The smallest absolute Gasteiger partial charge is 0.223 e. The fourth-order valence-corrected chi connectivity index (χ4v) is 5.92. The molecule has 0 radical (unpaired) electrons. The van der Waals surface area contributed by atoms with Crippen LogP contribution in [0.25, 0.3) is 0 Å². The second kappa shape index (κ2) is 11.5. The van der Waals surface area contributed by atoms with Crippen LogP contribution in [0.4, 0.5) is 0 Å². The molecule has 2 atom stereocenters. The average Bonchev–Trinajstić information content (AvgIpc) is 3.26. The third-order valence-corrected chi connectivity index (χ3v) is 7.97. The molecule has 1 saturated carbocycles. The maximum Gasteiger partial charge on any atom is 0.223 e. The minimum Gasteiger partial charge on any atom is -0.349 e. The first-order chi connectivity index (χ1) is 16.4. The van der Waals surface area contributed by atoms with Crippen LogP contribution in [-0.4, -0.2) is 44.7 Å². The molecule has 1 aliphatic heterocycles. The van der Waals surface area contributed by atoms with E-state index in [0.29, 0.717) is 18.0 Å². The van der Waals surface area contributed by atoms with Crippen LogP contribution in [0.5, 0.6) is 0 Å². The number of hydrogen-bond donors (Lipinski definition) is 1. The minimum atomic E-state index is 0.0657. The van der Waals surface area contributed by atoms with Gasteiger partial charge in [-0.15, -0.1) is 10.2 Å². The van der Waals surface area contributed by atoms with Crippen molar-refractivity contribution in [3.8, 4) is 0 Å². The highest BCUT2D eigenvalue weighted by Crippen LogP contribution is 2.31. The Morgan fingerprint density at radius 2 is 1.68 bits per heavy atom. The van der Waals surface area contributed by atoms with Gasteiger partial charge in [0, 0.05) is 37.0 Å². The van der Waals surface area contributed by atoms with Gasteiger partial charge in [-0.1, -0.05) is 63.4 Å². The van der Waals surface area contributed by atoms with Crippen molar-refractivity contribution in [3.63, 3.8) is 0 Å². The van der Waals surface area contributed by atoms with Gasteiger partial charge in [0.05, 0.1) is 6.04 Å². The quantitative estimate of drug-likeness (QED) is 0.554. The van der Waals surface area contributed by atoms with Gasteiger partial charge in [-0.2, -0.15) is 0 Å². The van der Waals surface area contributed by atoms with Gasteiger partial charge < -0.3 is 14.8 Å². The number of carbonyl (C=O) groups is 1. The fraction of sp³-hybridized carbons (Fsp3) is 0.679. The van der Waals surface area contributed by atoms with Crippen LogP contribution in [0.15, 0.2) is 30.3 Å². The number of piperidine rings is 1. The van der Waals surface area contributed by atoms with Crippen molar-refractivity contribution in [2.24, 2.45) is 5.92 Å². The number of aromatic nitrogens is 3. The molecule has 6 heteroatoms. The predicted molar refractivity (Wildman–Crippen MR) is 137 cm³/mol. The van der Waals surface area contributed by atoms with E-state index in [4.69, 9.17) is 0 Å². The predicted octanol–water partition coefficient (Wildman–Crippen LogP) is 5.56. The Labute approximate surface area is 205 Å². The molecule has 1 aromatic heterocycles. The summed E-state index contributed by atoms with van der Waals surface area (Å²) in [6.07, 6.45) is 8.89. The second-order valence-electron chi connectivity index (χ2n) is 10.8. The molecule has 4 rings (SSSR count). The normalized spacial score (nSPS) is 20.4. The van der Waals surface area contributed by atoms with E-state index in [9.17, 15) is 4.79 Å². The van der Waals surface area contributed by atoms with Crippen LogP contribution < -0.4 is 5.32 Å². The zero-order valence-electron chi connectivity index (χ0n) is 21.5. The van der Waals surface area contributed by atoms with Gasteiger partial charge in [0.15, 0.2) is 0 Å². The number of hydrogen-bond acceptors (Lipinski definition) is 4. The highest BCUT2D eigenvalue weighted by atomic mass is 16.1. The third kappa shape index (κ3) is 5.88. The molecule has 1 amide bonds. The van der Waals surface area contributed by atoms with E-state index in [-0.39, 0.29) is 17.9 Å². The Morgan fingerprint density at radius 1 is 1.00 bits per heavy atom. The first kappa shape index (κ1) is 24.9. The van der Waals surface area contributed by atoms with Gasteiger partial charge in [-0.05, 0) is 51.5 Å². The highest BCUT2D eigenvalue weighted by molar-refractivity contribution is 5.79. The number of likely N-dealkylation sites (tertiary alicyclic amines) is 1. The number of amides is 1. The number of carbonyl (C=O) groups excluding carboxylic acids is 1. The lowest BCUT2D eigenvalue weighted by molar-refractivity contribution is -0.126. The molecule has 6 nitrogen and oxygen atoms in total. The van der Waals surface area contributed by atoms with Gasteiger partial charge in [0.2, 0.25) is 5.91 Å². The average molecular weight is 466 g/mol. The van der Waals surface area contributed by atoms with Crippen molar-refractivity contribution in [2.45, 2.75) is 103 Å². The molecule has 1 N–H and O–H groups in total.